The van der Waals surface area contributed by atoms with Gasteiger partial charge in [-0.1, -0.05) is 72.2 Å². The quantitative estimate of drug-likeness (QED) is 0.385. The van der Waals surface area contributed by atoms with Crippen LogP contribution in [0.4, 0.5) is 0 Å². The molecular formula is C23H25BrN2O3. The van der Waals surface area contributed by atoms with E-state index in [0.717, 1.165) is 23.1 Å². The van der Waals surface area contributed by atoms with Crippen LogP contribution in [-0.2, 0) is 9.59 Å². The lowest BCUT2D eigenvalue weighted by molar-refractivity contribution is -0.140. The second-order valence-corrected chi connectivity index (χ2v) is 7.85. The van der Waals surface area contributed by atoms with Crippen molar-refractivity contribution in [2.45, 2.75) is 19.9 Å². The van der Waals surface area contributed by atoms with Gasteiger partial charge >= 0.3 is 0 Å². The third kappa shape index (κ3) is 4.43. The smallest absolute Gasteiger partial charge is 0.295 e. The topological polar surface area (TPSA) is 60.9 Å². The first-order valence-electron chi connectivity index (χ1n) is 9.79. The standard InChI is InChI=1S/C23H25BrN2O3/c1-3-25(4-2)14-15-26-20(16-8-6-5-7-9-16)19(22(28)23(26)29)21(27)17-10-12-18(24)13-11-17/h5-13,20,27H,3-4,14-15H2,1-2H3/b21-19-. The van der Waals surface area contributed by atoms with E-state index in [4.69, 9.17) is 0 Å². The molecule has 6 heteroatoms. The van der Waals surface area contributed by atoms with Crippen LogP contribution in [0, 0.1) is 0 Å². The van der Waals surface area contributed by atoms with Crippen LogP contribution in [0.25, 0.3) is 5.76 Å². The molecule has 0 bridgehead atoms. The molecule has 1 aliphatic heterocycles. The number of rotatable bonds is 7. The molecule has 0 radical (unpaired) electrons. The minimum Gasteiger partial charge on any atom is -0.507 e. The number of carbonyl (C=O) groups is 2. The Morgan fingerprint density at radius 3 is 2.24 bits per heavy atom. The summed E-state index contributed by atoms with van der Waals surface area (Å²) in [6, 6.07) is 15.8. The van der Waals surface area contributed by atoms with Gasteiger partial charge in [-0.2, -0.15) is 0 Å². The van der Waals surface area contributed by atoms with Crippen molar-refractivity contribution in [1.82, 2.24) is 9.80 Å². The number of Topliss-reactive ketones (excluding diaryl/α,β-unsaturated/α-hetero) is 1. The SMILES string of the molecule is CCN(CC)CCN1C(=O)C(=O)/C(=C(\O)c2ccc(Br)cc2)C1c1ccccc1. The number of likely N-dealkylation sites (N-methyl/N-ethyl adjacent to an activating group) is 1. The fourth-order valence-electron chi connectivity index (χ4n) is 3.64. The lowest BCUT2D eigenvalue weighted by Gasteiger charge is -2.28. The Balaban J connectivity index is 2.06. The summed E-state index contributed by atoms with van der Waals surface area (Å²) in [5, 5.41) is 11.0. The van der Waals surface area contributed by atoms with E-state index in [9.17, 15) is 14.7 Å². The van der Waals surface area contributed by atoms with Crippen LogP contribution in [0.5, 0.6) is 0 Å². The summed E-state index contributed by atoms with van der Waals surface area (Å²) in [6.45, 7) is 6.97. The summed E-state index contributed by atoms with van der Waals surface area (Å²) < 4.78 is 0.869. The monoisotopic (exact) mass is 456 g/mol. The zero-order chi connectivity index (χ0) is 21.0. The highest BCUT2D eigenvalue weighted by Crippen LogP contribution is 2.39. The maximum Gasteiger partial charge on any atom is 0.295 e. The number of aliphatic hydroxyl groups excluding tert-OH is 1. The van der Waals surface area contributed by atoms with E-state index in [0.29, 0.717) is 18.7 Å². The van der Waals surface area contributed by atoms with Crippen molar-refractivity contribution in [1.29, 1.82) is 0 Å². The Morgan fingerprint density at radius 2 is 1.66 bits per heavy atom. The van der Waals surface area contributed by atoms with Crippen LogP contribution in [-0.4, -0.2) is 52.8 Å². The Labute approximate surface area is 179 Å². The molecule has 5 nitrogen and oxygen atoms in total. The summed E-state index contributed by atoms with van der Waals surface area (Å²) in [7, 11) is 0. The Hall–Kier alpha value is -2.44. The number of carbonyl (C=O) groups excluding carboxylic acids is 2. The van der Waals surface area contributed by atoms with Crippen LogP contribution < -0.4 is 0 Å². The predicted octanol–water partition coefficient (Wildman–Crippen LogP) is 4.21. The lowest BCUT2D eigenvalue weighted by atomic mass is 9.95. The molecule has 0 aliphatic carbocycles. The van der Waals surface area contributed by atoms with Crippen LogP contribution in [0.15, 0.2) is 64.6 Å². The minimum absolute atomic E-state index is 0.142. The molecule has 2 aromatic rings. The zero-order valence-electron chi connectivity index (χ0n) is 16.6. The molecule has 0 spiro atoms. The second kappa shape index (κ2) is 9.37. The minimum atomic E-state index is -0.640. The highest BCUT2D eigenvalue weighted by molar-refractivity contribution is 9.10. The van der Waals surface area contributed by atoms with E-state index in [1.54, 1.807) is 29.2 Å². The van der Waals surface area contributed by atoms with Crippen LogP contribution in [0.1, 0.15) is 31.0 Å². The molecule has 1 N–H and O–H groups in total. The highest BCUT2D eigenvalue weighted by Gasteiger charge is 2.45. The summed E-state index contributed by atoms with van der Waals surface area (Å²) in [5.41, 5.74) is 1.46. The Morgan fingerprint density at radius 1 is 1.03 bits per heavy atom. The molecule has 1 heterocycles. The summed E-state index contributed by atoms with van der Waals surface area (Å²) in [4.78, 5) is 29.6. The van der Waals surface area contributed by atoms with Gasteiger partial charge in [0.2, 0.25) is 0 Å². The van der Waals surface area contributed by atoms with Crippen molar-refractivity contribution in [3.05, 3.63) is 75.8 Å². The molecule has 1 unspecified atom stereocenters. The van der Waals surface area contributed by atoms with Gasteiger partial charge in [-0.3, -0.25) is 9.59 Å². The van der Waals surface area contributed by atoms with Crippen LogP contribution in [0.2, 0.25) is 0 Å². The Kier molecular flexibility index (Phi) is 6.87. The largest absolute Gasteiger partial charge is 0.507 e. The van der Waals surface area contributed by atoms with Gasteiger partial charge in [-0.05, 0) is 30.8 Å². The number of hydrogen-bond donors (Lipinski definition) is 1. The number of aliphatic hydroxyl groups is 1. The van der Waals surface area contributed by atoms with E-state index in [1.165, 1.54) is 0 Å². The molecule has 0 saturated carbocycles. The molecule has 0 aromatic heterocycles. The molecule has 152 valence electrons. The second-order valence-electron chi connectivity index (χ2n) is 6.94. The van der Waals surface area contributed by atoms with Crippen molar-refractivity contribution >= 4 is 33.4 Å². The Bertz CT molecular complexity index is 905. The van der Waals surface area contributed by atoms with E-state index in [-0.39, 0.29) is 11.3 Å². The van der Waals surface area contributed by atoms with Crippen molar-refractivity contribution in [3.8, 4) is 0 Å². The van der Waals surface area contributed by atoms with E-state index >= 15 is 0 Å². The lowest BCUT2D eigenvalue weighted by Crippen LogP contribution is -2.38. The van der Waals surface area contributed by atoms with Crippen molar-refractivity contribution in [2.24, 2.45) is 0 Å². The van der Waals surface area contributed by atoms with Gasteiger partial charge in [0, 0.05) is 23.1 Å². The molecule has 1 fully saturated rings. The molecule has 3 rings (SSSR count). The number of hydrogen-bond acceptors (Lipinski definition) is 4. The average Bonchev–Trinajstić information content (AvgIpc) is 3.00. The first-order valence-corrected chi connectivity index (χ1v) is 10.6. The molecule has 1 saturated heterocycles. The zero-order valence-corrected chi connectivity index (χ0v) is 18.2. The third-order valence-electron chi connectivity index (χ3n) is 5.32. The molecule has 1 amide bonds. The van der Waals surface area contributed by atoms with Crippen molar-refractivity contribution in [2.75, 3.05) is 26.2 Å². The fraction of sp³-hybridized carbons (Fsp3) is 0.304. The number of nitrogens with zero attached hydrogens (tertiary/aromatic N) is 2. The van der Waals surface area contributed by atoms with E-state index in [2.05, 4.69) is 34.7 Å². The van der Waals surface area contributed by atoms with Gasteiger partial charge < -0.3 is 14.9 Å². The number of halogens is 1. The van der Waals surface area contributed by atoms with Crippen molar-refractivity contribution in [3.63, 3.8) is 0 Å². The van der Waals surface area contributed by atoms with Gasteiger partial charge in [-0.15, -0.1) is 0 Å². The average molecular weight is 457 g/mol. The number of benzene rings is 2. The highest BCUT2D eigenvalue weighted by atomic mass is 79.9. The molecule has 2 aromatic carbocycles. The number of ketones is 1. The van der Waals surface area contributed by atoms with Gasteiger partial charge in [0.1, 0.15) is 5.76 Å². The normalized spacial score (nSPS) is 18.6. The number of amides is 1. The first kappa shape index (κ1) is 21.3. The maximum atomic E-state index is 12.9. The molecule has 1 atom stereocenters. The van der Waals surface area contributed by atoms with Crippen LogP contribution >= 0.6 is 15.9 Å². The first-order chi connectivity index (χ1) is 14.0. The molecule has 1 aliphatic rings. The summed E-state index contributed by atoms with van der Waals surface area (Å²) >= 11 is 3.37. The predicted molar refractivity (Wildman–Crippen MR) is 117 cm³/mol. The van der Waals surface area contributed by atoms with Gasteiger partial charge in [0.15, 0.2) is 0 Å². The van der Waals surface area contributed by atoms with Crippen molar-refractivity contribution < 1.29 is 14.7 Å². The van der Waals surface area contributed by atoms with Gasteiger partial charge in [0.25, 0.3) is 11.7 Å². The summed E-state index contributed by atoms with van der Waals surface area (Å²) in [6.07, 6.45) is 0. The van der Waals surface area contributed by atoms with E-state index in [1.807, 2.05) is 30.3 Å². The maximum absolute atomic E-state index is 12.9. The van der Waals surface area contributed by atoms with Gasteiger partial charge in [0.05, 0.1) is 11.6 Å². The molecule has 29 heavy (non-hydrogen) atoms. The van der Waals surface area contributed by atoms with Gasteiger partial charge in [-0.25, -0.2) is 0 Å². The third-order valence-corrected chi connectivity index (χ3v) is 5.85. The van der Waals surface area contributed by atoms with Crippen LogP contribution in [0.3, 0.4) is 0 Å². The fourth-order valence-corrected chi connectivity index (χ4v) is 3.91. The summed E-state index contributed by atoms with van der Waals surface area (Å²) in [5.74, 6) is -1.35. The molecular weight excluding hydrogens is 432 g/mol. The van der Waals surface area contributed by atoms with E-state index < -0.39 is 17.7 Å². The number of likely N-dealkylation sites (tertiary alicyclic amines) is 1.